The summed E-state index contributed by atoms with van der Waals surface area (Å²) in [7, 11) is 2.21. The second-order valence-electron chi connectivity index (χ2n) is 5.61. The van der Waals surface area contributed by atoms with Crippen LogP contribution in [-0.4, -0.2) is 44.3 Å². The number of halogens is 1. The average Bonchev–Trinajstić information content (AvgIpc) is 2.83. The summed E-state index contributed by atoms with van der Waals surface area (Å²) in [5, 5.41) is 5.83. The maximum absolute atomic E-state index is 5.68. The molecule has 0 spiro atoms. The van der Waals surface area contributed by atoms with Crippen molar-refractivity contribution in [1.29, 1.82) is 0 Å². The molecule has 1 aliphatic heterocycles. The van der Waals surface area contributed by atoms with Crippen LogP contribution in [0.2, 0.25) is 0 Å². The number of hydrogen-bond acceptors (Lipinski definition) is 4. The van der Waals surface area contributed by atoms with E-state index in [1.165, 1.54) is 15.8 Å². The molecule has 2 atom stereocenters. The Hall–Kier alpha value is 0.0600. The molecule has 0 aromatic carbocycles. The Morgan fingerprint density at radius 2 is 2.40 bits per heavy atom. The molecule has 0 bridgehead atoms. The summed E-state index contributed by atoms with van der Waals surface area (Å²) in [6.07, 6.45) is 2.34. The third-order valence-electron chi connectivity index (χ3n) is 3.72. The molecule has 1 aromatic heterocycles. The van der Waals surface area contributed by atoms with Crippen LogP contribution in [0.25, 0.3) is 0 Å². The van der Waals surface area contributed by atoms with E-state index in [4.69, 9.17) is 4.74 Å². The van der Waals surface area contributed by atoms with Crippen LogP contribution in [0.4, 0.5) is 0 Å². The molecule has 5 heteroatoms. The van der Waals surface area contributed by atoms with Gasteiger partial charge >= 0.3 is 0 Å². The summed E-state index contributed by atoms with van der Waals surface area (Å²) in [5.41, 5.74) is 0. The Kier molecular flexibility index (Phi) is 6.97. The zero-order valence-corrected chi connectivity index (χ0v) is 14.8. The van der Waals surface area contributed by atoms with Crippen LogP contribution in [0, 0.1) is 5.92 Å². The topological polar surface area (TPSA) is 24.5 Å². The highest BCUT2D eigenvalue weighted by molar-refractivity contribution is 9.10. The summed E-state index contributed by atoms with van der Waals surface area (Å²) < 4.78 is 6.87. The van der Waals surface area contributed by atoms with E-state index in [9.17, 15) is 0 Å². The van der Waals surface area contributed by atoms with Crippen LogP contribution in [0.3, 0.4) is 0 Å². The first-order chi connectivity index (χ1) is 9.69. The Balaban J connectivity index is 1.82. The molecule has 0 aliphatic carbocycles. The van der Waals surface area contributed by atoms with Gasteiger partial charge in [-0.3, -0.25) is 0 Å². The molecule has 0 amide bonds. The van der Waals surface area contributed by atoms with Crippen LogP contribution in [0.5, 0.6) is 0 Å². The van der Waals surface area contributed by atoms with E-state index in [1.54, 1.807) is 0 Å². The van der Waals surface area contributed by atoms with Gasteiger partial charge in [0.25, 0.3) is 0 Å². The van der Waals surface area contributed by atoms with Crippen molar-refractivity contribution >= 4 is 27.3 Å². The lowest BCUT2D eigenvalue weighted by molar-refractivity contribution is 0.0190. The summed E-state index contributed by atoms with van der Waals surface area (Å²) in [5.74, 6) is 0.601. The van der Waals surface area contributed by atoms with Gasteiger partial charge in [0.1, 0.15) is 0 Å². The Labute approximate surface area is 134 Å². The molecule has 114 valence electrons. The SMILES string of the molecule is CCCNC1CCOCC1CN(C)Cc1cc(Br)cs1. The number of hydrogen-bond donors (Lipinski definition) is 1. The molecule has 2 unspecified atom stereocenters. The third kappa shape index (κ3) is 5.11. The fourth-order valence-electron chi connectivity index (χ4n) is 2.74. The minimum absolute atomic E-state index is 0.601. The van der Waals surface area contributed by atoms with Crippen LogP contribution in [0.1, 0.15) is 24.6 Å². The fourth-order valence-corrected chi connectivity index (χ4v) is 4.27. The summed E-state index contributed by atoms with van der Waals surface area (Å²) in [6, 6.07) is 2.83. The molecule has 1 fully saturated rings. The molecule has 1 aliphatic rings. The van der Waals surface area contributed by atoms with E-state index in [0.29, 0.717) is 12.0 Å². The van der Waals surface area contributed by atoms with Crippen LogP contribution >= 0.6 is 27.3 Å². The molecule has 3 nitrogen and oxygen atoms in total. The summed E-state index contributed by atoms with van der Waals surface area (Å²) >= 11 is 5.34. The molecule has 1 N–H and O–H groups in total. The number of nitrogens with one attached hydrogen (secondary N) is 1. The van der Waals surface area contributed by atoms with E-state index in [1.807, 2.05) is 11.3 Å². The van der Waals surface area contributed by atoms with Crippen molar-refractivity contribution in [2.75, 3.05) is 33.4 Å². The van der Waals surface area contributed by atoms with Gasteiger partial charge in [-0.25, -0.2) is 0 Å². The van der Waals surface area contributed by atoms with Gasteiger partial charge in [-0.15, -0.1) is 11.3 Å². The maximum Gasteiger partial charge on any atom is 0.0521 e. The van der Waals surface area contributed by atoms with Crippen molar-refractivity contribution < 1.29 is 4.74 Å². The highest BCUT2D eigenvalue weighted by Crippen LogP contribution is 2.22. The standard InChI is InChI=1S/C15H25BrN2OS/c1-3-5-17-15-4-6-19-10-12(15)8-18(2)9-14-7-13(16)11-20-14/h7,11-12,15,17H,3-6,8-10H2,1-2H3. The van der Waals surface area contributed by atoms with Crippen molar-refractivity contribution in [2.45, 2.75) is 32.4 Å². The van der Waals surface area contributed by atoms with Gasteiger partial charge in [0.05, 0.1) is 6.61 Å². The summed E-state index contributed by atoms with van der Waals surface area (Å²) in [6.45, 7) is 7.24. The lowest BCUT2D eigenvalue weighted by Gasteiger charge is -2.34. The quantitative estimate of drug-likeness (QED) is 0.806. The van der Waals surface area contributed by atoms with E-state index >= 15 is 0 Å². The molecule has 1 aromatic rings. The number of rotatable bonds is 7. The van der Waals surface area contributed by atoms with Gasteiger partial charge in [0.15, 0.2) is 0 Å². The molecular weight excluding hydrogens is 336 g/mol. The predicted octanol–water partition coefficient (Wildman–Crippen LogP) is 3.35. The van der Waals surface area contributed by atoms with E-state index in [2.05, 4.69) is 51.6 Å². The van der Waals surface area contributed by atoms with Crippen molar-refractivity contribution in [3.05, 3.63) is 20.8 Å². The van der Waals surface area contributed by atoms with E-state index < -0.39 is 0 Å². The second-order valence-corrected chi connectivity index (χ2v) is 7.52. The zero-order chi connectivity index (χ0) is 14.4. The van der Waals surface area contributed by atoms with Gasteiger partial charge in [-0.05, 0) is 48.4 Å². The number of ether oxygens (including phenoxy) is 1. The predicted molar refractivity (Wildman–Crippen MR) is 89.4 cm³/mol. The second kappa shape index (κ2) is 8.49. The normalized spacial score (nSPS) is 23.4. The van der Waals surface area contributed by atoms with Gasteiger partial charge in [0, 0.05) is 46.4 Å². The molecule has 20 heavy (non-hydrogen) atoms. The van der Waals surface area contributed by atoms with Gasteiger partial charge in [-0.2, -0.15) is 0 Å². The lowest BCUT2D eigenvalue weighted by atomic mass is 9.95. The van der Waals surface area contributed by atoms with Crippen LogP contribution < -0.4 is 5.32 Å². The molecule has 2 rings (SSSR count). The highest BCUT2D eigenvalue weighted by atomic mass is 79.9. The minimum Gasteiger partial charge on any atom is -0.381 e. The zero-order valence-electron chi connectivity index (χ0n) is 12.4. The fraction of sp³-hybridized carbons (Fsp3) is 0.733. The largest absolute Gasteiger partial charge is 0.381 e. The van der Waals surface area contributed by atoms with Crippen molar-refractivity contribution in [2.24, 2.45) is 5.92 Å². The van der Waals surface area contributed by atoms with E-state index in [-0.39, 0.29) is 0 Å². The average molecular weight is 361 g/mol. The monoisotopic (exact) mass is 360 g/mol. The molecule has 0 saturated carbocycles. The van der Waals surface area contributed by atoms with Gasteiger partial charge in [0.2, 0.25) is 0 Å². The maximum atomic E-state index is 5.68. The Bertz CT molecular complexity index is 399. The minimum atomic E-state index is 0.601. The Morgan fingerprint density at radius 3 is 3.10 bits per heavy atom. The number of thiophene rings is 1. The highest BCUT2D eigenvalue weighted by Gasteiger charge is 2.26. The van der Waals surface area contributed by atoms with Crippen molar-refractivity contribution in [3.8, 4) is 0 Å². The van der Waals surface area contributed by atoms with Gasteiger partial charge < -0.3 is 15.0 Å². The first-order valence-corrected chi connectivity index (χ1v) is 9.09. The number of nitrogens with zero attached hydrogens (tertiary/aromatic N) is 1. The first kappa shape index (κ1) is 16.4. The Morgan fingerprint density at radius 1 is 1.55 bits per heavy atom. The van der Waals surface area contributed by atoms with Gasteiger partial charge in [-0.1, -0.05) is 6.92 Å². The first-order valence-electron chi connectivity index (χ1n) is 7.41. The van der Waals surface area contributed by atoms with Crippen molar-refractivity contribution in [1.82, 2.24) is 10.2 Å². The van der Waals surface area contributed by atoms with Crippen LogP contribution in [0.15, 0.2) is 15.9 Å². The van der Waals surface area contributed by atoms with Crippen molar-refractivity contribution in [3.63, 3.8) is 0 Å². The molecular formula is C15H25BrN2OS. The van der Waals surface area contributed by atoms with Crippen LogP contribution in [-0.2, 0) is 11.3 Å². The lowest BCUT2D eigenvalue weighted by Crippen LogP contribution is -2.47. The molecule has 2 heterocycles. The van der Waals surface area contributed by atoms with E-state index in [0.717, 1.165) is 39.3 Å². The summed E-state index contributed by atoms with van der Waals surface area (Å²) in [4.78, 5) is 3.83. The molecule has 0 radical (unpaired) electrons. The third-order valence-corrected chi connectivity index (χ3v) is 5.41. The molecule has 1 saturated heterocycles. The smallest absolute Gasteiger partial charge is 0.0521 e.